The van der Waals surface area contributed by atoms with Crippen LogP contribution in [0, 0.1) is 0 Å². The normalized spacial score (nSPS) is 19.6. The van der Waals surface area contributed by atoms with Crippen molar-refractivity contribution >= 4 is 39.1 Å². The van der Waals surface area contributed by atoms with Crippen LogP contribution in [-0.4, -0.2) is 85.6 Å². The Labute approximate surface area is 214 Å². The summed E-state index contributed by atoms with van der Waals surface area (Å²) in [5.41, 5.74) is 3.48. The third-order valence-corrected chi connectivity index (χ3v) is 6.55. The molecule has 11 nitrogen and oxygen atoms in total. The molecule has 3 aromatic heterocycles. The molecule has 1 aliphatic rings. The molecule has 1 fully saturated rings. The van der Waals surface area contributed by atoms with E-state index in [1.165, 1.54) is 30.2 Å². The number of fused-ring (bicyclic) bond motifs is 1. The number of methoxy groups -OCH3 is 1. The fraction of sp³-hybridized carbons (Fsp3) is 0.381. The first kappa shape index (κ1) is 26.5. The molecule has 0 aromatic carbocycles. The van der Waals surface area contributed by atoms with E-state index in [0.717, 1.165) is 0 Å². The van der Waals surface area contributed by atoms with Gasteiger partial charge >= 0.3 is 6.18 Å². The van der Waals surface area contributed by atoms with Crippen LogP contribution in [0.3, 0.4) is 0 Å². The van der Waals surface area contributed by atoms with E-state index < -0.39 is 48.9 Å². The van der Waals surface area contributed by atoms with E-state index in [-0.39, 0.29) is 17.3 Å². The van der Waals surface area contributed by atoms with Crippen molar-refractivity contribution in [3.05, 3.63) is 34.7 Å². The topological polar surface area (TPSA) is 148 Å². The van der Waals surface area contributed by atoms with Crippen molar-refractivity contribution in [3.8, 4) is 17.1 Å². The van der Waals surface area contributed by atoms with Gasteiger partial charge in [0.2, 0.25) is 11.5 Å². The second-order valence-electron chi connectivity index (χ2n) is 8.44. The minimum atomic E-state index is -5.26. The van der Waals surface area contributed by atoms with Crippen LogP contribution in [0.5, 0.6) is 5.88 Å². The summed E-state index contributed by atoms with van der Waals surface area (Å²) in [6.45, 7) is -1.03. The number of aromatic nitrogens is 4. The first-order valence-electron chi connectivity index (χ1n) is 10.6. The fourth-order valence-corrected chi connectivity index (χ4v) is 4.48. The predicted molar refractivity (Wildman–Crippen MR) is 124 cm³/mol. The lowest BCUT2D eigenvalue weighted by Crippen LogP contribution is -2.56. The van der Waals surface area contributed by atoms with Gasteiger partial charge in [0.05, 0.1) is 25.4 Å². The van der Waals surface area contributed by atoms with Crippen LogP contribution in [0.4, 0.5) is 23.4 Å². The number of alkyl halides is 4. The summed E-state index contributed by atoms with van der Waals surface area (Å²) in [5.74, 6) is -2.46. The highest BCUT2D eigenvalue weighted by Crippen LogP contribution is 2.34. The van der Waals surface area contributed by atoms with Gasteiger partial charge in [-0.2, -0.15) is 18.3 Å². The highest BCUT2D eigenvalue weighted by Gasteiger charge is 2.58. The molecule has 3 aromatic rings. The van der Waals surface area contributed by atoms with Crippen molar-refractivity contribution in [1.82, 2.24) is 29.8 Å². The first-order valence-corrected chi connectivity index (χ1v) is 11.4. The summed E-state index contributed by atoms with van der Waals surface area (Å²) in [6.07, 6.45) is -4.49. The molecule has 1 aliphatic heterocycles. The van der Waals surface area contributed by atoms with Crippen LogP contribution < -0.4 is 15.8 Å². The minimum absolute atomic E-state index is 0.100. The predicted octanol–water partition coefficient (Wildman–Crippen LogP) is 1.74. The van der Waals surface area contributed by atoms with E-state index in [0.29, 0.717) is 33.1 Å². The molecular formula is C21H20BrF4N7O4. The van der Waals surface area contributed by atoms with Crippen LogP contribution in [0.2, 0.25) is 0 Å². The summed E-state index contributed by atoms with van der Waals surface area (Å²) >= 11 is 3.38. The quantitative estimate of drug-likeness (QED) is 0.381. The van der Waals surface area contributed by atoms with Gasteiger partial charge in [0, 0.05) is 22.8 Å². The number of rotatable bonds is 5. The molecule has 0 aliphatic carbocycles. The van der Waals surface area contributed by atoms with Gasteiger partial charge in [-0.15, -0.1) is 0 Å². The van der Waals surface area contributed by atoms with Crippen LogP contribution >= 0.6 is 15.9 Å². The van der Waals surface area contributed by atoms with E-state index in [1.807, 2.05) is 0 Å². The Hall–Kier alpha value is -3.53. The summed E-state index contributed by atoms with van der Waals surface area (Å²) in [5, 5.41) is 16.2. The number of nitrogens with zero attached hydrogens (tertiary/aromatic N) is 5. The summed E-state index contributed by atoms with van der Waals surface area (Å²) in [6, 6.07) is 1.74. The van der Waals surface area contributed by atoms with Crippen LogP contribution in [0.15, 0.2) is 29.1 Å². The number of anilines is 1. The second-order valence-corrected chi connectivity index (χ2v) is 9.29. The van der Waals surface area contributed by atoms with Crippen LogP contribution in [0.25, 0.3) is 16.8 Å². The molecular weight excluding hydrogens is 570 g/mol. The van der Waals surface area contributed by atoms with Crippen molar-refractivity contribution < 1.29 is 37.0 Å². The number of nitrogens with two attached hydrogens (primary N) is 1. The Balaban J connectivity index is 1.60. The maximum atomic E-state index is 14.6. The lowest BCUT2D eigenvalue weighted by molar-refractivity contribution is -0.249. The van der Waals surface area contributed by atoms with Gasteiger partial charge in [0.1, 0.15) is 23.6 Å². The van der Waals surface area contributed by atoms with Crippen molar-refractivity contribution in [2.24, 2.45) is 0 Å². The van der Waals surface area contributed by atoms with Gasteiger partial charge in [-0.25, -0.2) is 18.9 Å². The van der Waals surface area contributed by atoms with Gasteiger partial charge < -0.3 is 25.8 Å². The Morgan fingerprint density at radius 2 is 1.97 bits per heavy atom. The van der Waals surface area contributed by atoms with Gasteiger partial charge in [-0.05, 0) is 35.0 Å². The molecule has 3 atom stereocenters. The third kappa shape index (κ3) is 4.66. The zero-order valence-corrected chi connectivity index (χ0v) is 20.8. The van der Waals surface area contributed by atoms with E-state index >= 15 is 0 Å². The van der Waals surface area contributed by atoms with Gasteiger partial charge in [0.15, 0.2) is 5.82 Å². The number of carbonyl (C=O) groups is 2. The average molecular weight is 590 g/mol. The number of hydrogen-bond acceptors (Lipinski definition) is 8. The van der Waals surface area contributed by atoms with E-state index in [9.17, 15) is 32.3 Å². The molecule has 0 radical (unpaired) electrons. The molecule has 37 heavy (non-hydrogen) atoms. The van der Waals surface area contributed by atoms with Crippen LogP contribution in [0.1, 0.15) is 17.3 Å². The molecule has 4 N–H and O–H groups in total. The number of halogens is 5. The van der Waals surface area contributed by atoms with E-state index in [4.69, 9.17) is 10.5 Å². The average Bonchev–Trinajstić information content (AvgIpc) is 3.37. The molecule has 4 rings (SSSR count). The molecule has 4 heterocycles. The van der Waals surface area contributed by atoms with Crippen molar-refractivity contribution in [2.75, 3.05) is 25.9 Å². The summed E-state index contributed by atoms with van der Waals surface area (Å²) in [7, 11) is 1.27. The van der Waals surface area contributed by atoms with Crippen molar-refractivity contribution in [2.45, 2.75) is 30.9 Å². The number of amides is 2. The van der Waals surface area contributed by atoms with Gasteiger partial charge in [-0.3, -0.25) is 9.59 Å². The number of carbonyl (C=O) groups excluding carboxylic acids is 2. The lowest BCUT2D eigenvalue weighted by Gasteiger charge is -2.29. The largest absolute Gasteiger partial charge is 0.480 e. The molecule has 2 amide bonds. The zero-order chi connectivity index (χ0) is 27.3. The highest BCUT2D eigenvalue weighted by atomic mass is 79.9. The number of hydrogen-bond donors (Lipinski definition) is 3. The number of pyridine rings is 1. The molecule has 0 saturated carbocycles. The Morgan fingerprint density at radius 3 is 2.62 bits per heavy atom. The van der Waals surface area contributed by atoms with Crippen molar-refractivity contribution in [1.29, 1.82) is 0 Å². The maximum absolute atomic E-state index is 14.6. The molecule has 198 valence electrons. The molecule has 0 bridgehead atoms. The summed E-state index contributed by atoms with van der Waals surface area (Å²) in [4.78, 5) is 33.9. The van der Waals surface area contributed by atoms with Crippen LogP contribution in [-0.2, 0) is 4.79 Å². The maximum Gasteiger partial charge on any atom is 0.426 e. The number of aliphatic hydroxyl groups is 1. The molecule has 0 spiro atoms. The van der Waals surface area contributed by atoms with E-state index in [2.05, 4.69) is 36.3 Å². The Kier molecular flexibility index (Phi) is 6.74. The SMILES string of the molecule is COc1ncc(-c2cc(Br)c3c(N)ncnn23)cc1C(=O)N[C@@H]1CN(C(=O)[C@@](C)(O)C(F)(F)F)C[C@@H]1F. The molecule has 0 unspecified atom stereocenters. The minimum Gasteiger partial charge on any atom is -0.480 e. The number of nitrogen functional groups attached to an aromatic ring is 1. The smallest absolute Gasteiger partial charge is 0.426 e. The standard InChI is InChI=1S/C21H20BrF4N7O4/c1-20(36,21(24,25)26)19(35)32-6-12(23)13(7-32)31-17(34)10-3-9(5-28-18(10)37-2)14-4-11(22)15-16(27)29-8-30-33(14)15/h3-5,8,12-13,36H,6-7H2,1-2H3,(H,31,34)(H2,27,29,30)/t12-,13+,20+/m0/s1. The van der Waals surface area contributed by atoms with E-state index in [1.54, 1.807) is 6.07 Å². The number of nitrogens with one attached hydrogen (secondary N) is 1. The fourth-order valence-electron chi connectivity index (χ4n) is 3.89. The Bertz CT molecular complexity index is 1380. The summed E-state index contributed by atoms with van der Waals surface area (Å²) < 4.78 is 61.0. The number of likely N-dealkylation sites (tertiary alicyclic amines) is 1. The van der Waals surface area contributed by atoms with Gasteiger partial charge in [-0.1, -0.05) is 0 Å². The van der Waals surface area contributed by atoms with Crippen molar-refractivity contribution in [3.63, 3.8) is 0 Å². The molecule has 16 heteroatoms. The monoisotopic (exact) mass is 589 g/mol. The second kappa shape index (κ2) is 9.41. The van der Waals surface area contributed by atoms with Gasteiger partial charge in [0.25, 0.3) is 11.8 Å². The lowest BCUT2D eigenvalue weighted by atomic mass is 10.1. The highest BCUT2D eigenvalue weighted by molar-refractivity contribution is 9.10. The molecule has 1 saturated heterocycles. The number of ether oxygens (including phenoxy) is 1. The third-order valence-electron chi connectivity index (χ3n) is 5.94. The first-order chi connectivity index (χ1) is 17.3. The Morgan fingerprint density at radius 1 is 1.27 bits per heavy atom. The zero-order valence-electron chi connectivity index (χ0n) is 19.3.